The van der Waals surface area contributed by atoms with Crippen LogP contribution in [0.15, 0.2) is 54.6 Å². The average molecular weight is 300 g/mol. The first-order valence-electron chi connectivity index (χ1n) is 6.86. The van der Waals surface area contributed by atoms with Gasteiger partial charge in [-0.05, 0) is 37.1 Å². The zero-order valence-electron chi connectivity index (χ0n) is 12.1. The second-order valence-electron chi connectivity index (χ2n) is 5.00. The minimum absolute atomic E-state index is 0.0333. The van der Waals surface area contributed by atoms with Crippen molar-refractivity contribution < 1.29 is 4.79 Å². The third-order valence-corrected chi connectivity index (χ3v) is 3.60. The largest absolute Gasteiger partial charge is 0.346 e. The summed E-state index contributed by atoms with van der Waals surface area (Å²) in [6, 6.07) is 15.5. The van der Waals surface area contributed by atoms with Crippen LogP contribution in [0.2, 0.25) is 5.02 Å². The molecule has 0 aliphatic heterocycles. The van der Waals surface area contributed by atoms with Crippen LogP contribution in [-0.4, -0.2) is 5.91 Å². The van der Waals surface area contributed by atoms with Gasteiger partial charge in [0.15, 0.2) is 0 Å². The topological polar surface area (TPSA) is 29.1 Å². The van der Waals surface area contributed by atoms with Gasteiger partial charge in [0, 0.05) is 11.1 Å². The molecule has 0 aliphatic carbocycles. The van der Waals surface area contributed by atoms with Gasteiger partial charge in [-0.15, -0.1) is 0 Å². The monoisotopic (exact) mass is 299 g/mol. The molecular formula is C18H18ClNO. The summed E-state index contributed by atoms with van der Waals surface area (Å²) < 4.78 is 0. The minimum Gasteiger partial charge on any atom is -0.346 e. The molecule has 2 aromatic carbocycles. The molecule has 3 heteroatoms. The van der Waals surface area contributed by atoms with E-state index in [1.807, 2.05) is 56.3 Å². The Kier molecular flexibility index (Phi) is 5.18. The molecule has 0 aliphatic rings. The van der Waals surface area contributed by atoms with Gasteiger partial charge in [-0.3, -0.25) is 4.79 Å². The average Bonchev–Trinajstić information content (AvgIpc) is 2.47. The van der Waals surface area contributed by atoms with Crippen molar-refractivity contribution in [1.29, 1.82) is 0 Å². The summed E-state index contributed by atoms with van der Waals surface area (Å²) in [5, 5.41) is 3.57. The van der Waals surface area contributed by atoms with E-state index >= 15 is 0 Å². The quantitative estimate of drug-likeness (QED) is 0.825. The fraction of sp³-hybridized carbons (Fsp3) is 0.167. The number of halogens is 1. The lowest BCUT2D eigenvalue weighted by Gasteiger charge is -2.13. The molecular weight excluding hydrogens is 282 g/mol. The summed E-state index contributed by atoms with van der Waals surface area (Å²) in [7, 11) is 0. The number of carbonyl (C=O) groups excluding carboxylic acids is 1. The van der Waals surface area contributed by atoms with Crippen LogP contribution in [0.5, 0.6) is 0 Å². The van der Waals surface area contributed by atoms with E-state index in [1.54, 1.807) is 12.1 Å². The van der Waals surface area contributed by atoms with Crippen molar-refractivity contribution in [2.24, 2.45) is 0 Å². The van der Waals surface area contributed by atoms with Gasteiger partial charge in [0.2, 0.25) is 5.91 Å². The molecule has 0 saturated heterocycles. The third-order valence-electron chi connectivity index (χ3n) is 3.26. The Morgan fingerprint density at radius 1 is 1.14 bits per heavy atom. The molecule has 0 spiro atoms. The fourth-order valence-corrected chi connectivity index (χ4v) is 2.17. The van der Waals surface area contributed by atoms with Crippen LogP contribution in [0.1, 0.15) is 29.7 Å². The number of aryl methyl sites for hydroxylation is 1. The van der Waals surface area contributed by atoms with Crippen molar-refractivity contribution in [3.05, 3.63) is 76.3 Å². The van der Waals surface area contributed by atoms with Gasteiger partial charge in [-0.1, -0.05) is 59.6 Å². The Balaban J connectivity index is 1.98. The highest BCUT2D eigenvalue weighted by Crippen LogP contribution is 2.16. The Morgan fingerprint density at radius 3 is 2.48 bits per heavy atom. The van der Waals surface area contributed by atoms with Crippen molar-refractivity contribution in [2.75, 3.05) is 0 Å². The maximum absolute atomic E-state index is 11.9. The Labute approximate surface area is 130 Å². The highest BCUT2D eigenvalue weighted by Gasteiger charge is 2.07. The first kappa shape index (κ1) is 15.3. The van der Waals surface area contributed by atoms with Crippen LogP contribution >= 0.6 is 11.6 Å². The predicted molar refractivity (Wildman–Crippen MR) is 88.2 cm³/mol. The van der Waals surface area contributed by atoms with Gasteiger partial charge in [-0.25, -0.2) is 0 Å². The molecule has 0 bridgehead atoms. The van der Waals surface area contributed by atoms with E-state index in [2.05, 4.69) is 5.32 Å². The van der Waals surface area contributed by atoms with Gasteiger partial charge in [-0.2, -0.15) is 0 Å². The van der Waals surface area contributed by atoms with Crippen LogP contribution in [0.25, 0.3) is 6.08 Å². The van der Waals surface area contributed by atoms with Gasteiger partial charge in [0.25, 0.3) is 0 Å². The first-order valence-corrected chi connectivity index (χ1v) is 7.24. The first-order chi connectivity index (χ1) is 10.1. The molecule has 0 fully saturated rings. The predicted octanol–water partition coefficient (Wildman–Crippen LogP) is 4.54. The number of benzene rings is 2. The van der Waals surface area contributed by atoms with Crippen LogP contribution in [0, 0.1) is 6.92 Å². The van der Waals surface area contributed by atoms with Crippen LogP contribution in [0.3, 0.4) is 0 Å². The van der Waals surface area contributed by atoms with E-state index in [9.17, 15) is 4.79 Å². The van der Waals surface area contributed by atoms with Crippen molar-refractivity contribution in [2.45, 2.75) is 19.9 Å². The maximum atomic E-state index is 11.9. The Bertz CT molecular complexity index is 647. The second kappa shape index (κ2) is 7.09. The lowest BCUT2D eigenvalue weighted by atomic mass is 10.1. The SMILES string of the molecule is Cc1ccc([C@H](C)NC(=O)/C=C/c2ccccc2Cl)cc1. The molecule has 0 saturated carbocycles. The lowest BCUT2D eigenvalue weighted by Crippen LogP contribution is -2.24. The van der Waals surface area contributed by atoms with E-state index < -0.39 is 0 Å². The highest BCUT2D eigenvalue weighted by molar-refractivity contribution is 6.32. The summed E-state index contributed by atoms with van der Waals surface area (Å²) in [5.41, 5.74) is 3.12. The maximum Gasteiger partial charge on any atom is 0.244 e. The molecule has 2 nitrogen and oxygen atoms in total. The molecule has 1 N–H and O–H groups in total. The summed E-state index contributed by atoms with van der Waals surface area (Å²) in [4.78, 5) is 11.9. The standard InChI is InChI=1S/C18H18ClNO/c1-13-7-9-15(10-8-13)14(2)20-18(21)12-11-16-5-3-4-6-17(16)19/h3-12,14H,1-2H3,(H,20,21)/b12-11+/t14-/m0/s1. The number of nitrogens with one attached hydrogen (secondary N) is 1. The van der Waals surface area contributed by atoms with Crippen molar-refractivity contribution in [3.63, 3.8) is 0 Å². The van der Waals surface area contributed by atoms with Gasteiger partial charge < -0.3 is 5.32 Å². The molecule has 108 valence electrons. The highest BCUT2D eigenvalue weighted by atomic mass is 35.5. The normalized spacial score (nSPS) is 12.3. The number of rotatable bonds is 4. The molecule has 0 radical (unpaired) electrons. The summed E-state index contributed by atoms with van der Waals surface area (Å²) in [5.74, 6) is -0.136. The molecule has 0 heterocycles. The fourth-order valence-electron chi connectivity index (χ4n) is 1.98. The minimum atomic E-state index is -0.136. The van der Waals surface area contributed by atoms with E-state index in [4.69, 9.17) is 11.6 Å². The van der Waals surface area contributed by atoms with E-state index in [0.29, 0.717) is 5.02 Å². The smallest absolute Gasteiger partial charge is 0.244 e. The van der Waals surface area contributed by atoms with Gasteiger partial charge in [0.1, 0.15) is 0 Å². The molecule has 2 aromatic rings. The Morgan fingerprint density at radius 2 is 1.81 bits per heavy atom. The van der Waals surface area contributed by atoms with Crippen molar-refractivity contribution in [3.8, 4) is 0 Å². The molecule has 21 heavy (non-hydrogen) atoms. The number of carbonyl (C=O) groups is 1. The molecule has 0 aromatic heterocycles. The molecule has 0 unspecified atom stereocenters. The van der Waals surface area contributed by atoms with Crippen LogP contribution in [0.4, 0.5) is 0 Å². The van der Waals surface area contributed by atoms with E-state index in [0.717, 1.165) is 11.1 Å². The second-order valence-corrected chi connectivity index (χ2v) is 5.40. The number of amides is 1. The van der Waals surface area contributed by atoms with Gasteiger partial charge in [0.05, 0.1) is 6.04 Å². The molecule has 2 rings (SSSR count). The van der Waals surface area contributed by atoms with Crippen molar-refractivity contribution in [1.82, 2.24) is 5.32 Å². The number of hydrogen-bond acceptors (Lipinski definition) is 1. The summed E-state index contributed by atoms with van der Waals surface area (Å²) >= 11 is 6.04. The van der Waals surface area contributed by atoms with Crippen molar-refractivity contribution >= 4 is 23.6 Å². The van der Waals surface area contributed by atoms with E-state index in [-0.39, 0.29) is 11.9 Å². The summed E-state index contributed by atoms with van der Waals surface area (Å²) in [6.45, 7) is 4.01. The zero-order valence-corrected chi connectivity index (χ0v) is 12.9. The zero-order chi connectivity index (χ0) is 15.2. The van der Waals surface area contributed by atoms with Gasteiger partial charge >= 0.3 is 0 Å². The molecule has 1 amide bonds. The number of hydrogen-bond donors (Lipinski definition) is 1. The third kappa shape index (κ3) is 4.47. The Hall–Kier alpha value is -2.06. The summed E-state index contributed by atoms with van der Waals surface area (Å²) in [6.07, 6.45) is 3.23. The van der Waals surface area contributed by atoms with Crippen LogP contribution < -0.4 is 5.32 Å². The van der Waals surface area contributed by atoms with Crippen LogP contribution in [-0.2, 0) is 4.79 Å². The lowest BCUT2D eigenvalue weighted by molar-refractivity contribution is -0.117. The van der Waals surface area contributed by atoms with E-state index in [1.165, 1.54) is 11.6 Å². The molecule has 1 atom stereocenters.